The number of aromatic nitrogens is 2. The molecule has 1 aromatic heterocycles. The molecule has 3 rings (SSSR count). The number of rotatable bonds is 5. The lowest BCUT2D eigenvalue weighted by Crippen LogP contribution is -2.13. The summed E-state index contributed by atoms with van der Waals surface area (Å²) < 4.78 is 18.5. The van der Waals surface area contributed by atoms with E-state index in [-0.39, 0.29) is 5.56 Å². The third-order valence-electron chi connectivity index (χ3n) is 3.60. The van der Waals surface area contributed by atoms with Crippen LogP contribution in [0, 0.1) is 12.7 Å². The van der Waals surface area contributed by atoms with Gasteiger partial charge in [0, 0.05) is 18.1 Å². The van der Waals surface area contributed by atoms with Crippen molar-refractivity contribution in [2.75, 3.05) is 17.7 Å². The zero-order chi connectivity index (χ0) is 18.5. The molecular formula is C19H17FN4O2. The van der Waals surface area contributed by atoms with Gasteiger partial charge in [-0.15, -0.1) is 0 Å². The molecule has 0 spiro atoms. The fourth-order valence-corrected chi connectivity index (χ4v) is 2.32. The van der Waals surface area contributed by atoms with Crippen molar-refractivity contribution in [1.29, 1.82) is 0 Å². The Balaban J connectivity index is 1.72. The van der Waals surface area contributed by atoms with Crippen molar-refractivity contribution in [1.82, 2.24) is 9.97 Å². The van der Waals surface area contributed by atoms with Gasteiger partial charge in [-0.25, -0.2) is 14.4 Å². The highest BCUT2D eigenvalue weighted by atomic mass is 19.1. The van der Waals surface area contributed by atoms with Crippen LogP contribution < -0.4 is 15.4 Å². The first-order valence-electron chi connectivity index (χ1n) is 7.86. The highest BCUT2D eigenvalue weighted by Crippen LogP contribution is 2.27. The molecule has 0 radical (unpaired) electrons. The average Bonchev–Trinajstić information content (AvgIpc) is 2.62. The SMILES string of the molecule is COc1ccc(C)cc1Nc1ncc(C(=O)Nc2cccc(F)c2)cn1. The van der Waals surface area contributed by atoms with E-state index in [0.717, 1.165) is 11.3 Å². The summed E-state index contributed by atoms with van der Waals surface area (Å²) in [5.41, 5.74) is 2.40. The largest absolute Gasteiger partial charge is 0.495 e. The molecule has 1 heterocycles. The van der Waals surface area contributed by atoms with Crippen molar-refractivity contribution in [3.05, 3.63) is 71.8 Å². The van der Waals surface area contributed by atoms with E-state index in [2.05, 4.69) is 20.6 Å². The predicted octanol–water partition coefficient (Wildman–Crippen LogP) is 3.93. The first-order valence-corrected chi connectivity index (χ1v) is 7.86. The third-order valence-corrected chi connectivity index (χ3v) is 3.60. The zero-order valence-corrected chi connectivity index (χ0v) is 14.3. The van der Waals surface area contributed by atoms with Crippen LogP contribution in [0.15, 0.2) is 54.9 Å². The van der Waals surface area contributed by atoms with Crippen molar-refractivity contribution in [3.8, 4) is 5.75 Å². The average molecular weight is 352 g/mol. The van der Waals surface area contributed by atoms with E-state index in [1.807, 2.05) is 25.1 Å². The molecule has 1 amide bonds. The van der Waals surface area contributed by atoms with E-state index < -0.39 is 11.7 Å². The van der Waals surface area contributed by atoms with Crippen LogP contribution in [0.5, 0.6) is 5.75 Å². The minimum atomic E-state index is -0.425. The van der Waals surface area contributed by atoms with E-state index >= 15 is 0 Å². The number of methoxy groups -OCH3 is 1. The maximum absolute atomic E-state index is 13.2. The number of hydrogen-bond acceptors (Lipinski definition) is 5. The molecule has 2 aromatic carbocycles. The maximum atomic E-state index is 13.2. The Labute approximate surface area is 150 Å². The summed E-state index contributed by atoms with van der Waals surface area (Å²) in [6.45, 7) is 1.96. The number of amides is 1. The molecule has 7 heteroatoms. The van der Waals surface area contributed by atoms with Crippen molar-refractivity contribution >= 4 is 23.2 Å². The second kappa shape index (κ2) is 7.60. The number of hydrogen-bond donors (Lipinski definition) is 2. The number of ether oxygens (including phenoxy) is 1. The molecule has 0 saturated carbocycles. The normalized spacial score (nSPS) is 10.3. The summed E-state index contributed by atoms with van der Waals surface area (Å²) in [4.78, 5) is 20.5. The molecule has 26 heavy (non-hydrogen) atoms. The van der Waals surface area contributed by atoms with E-state index in [1.54, 1.807) is 13.2 Å². The number of aryl methyl sites for hydroxylation is 1. The monoisotopic (exact) mass is 352 g/mol. The van der Waals surface area contributed by atoms with E-state index in [0.29, 0.717) is 17.4 Å². The maximum Gasteiger partial charge on any atom is 0.258 e. The van der Waals surface area contributed by atoms with E-state index in [4.69, 9.17) is 4.74 Å². The number of carbonyl (C=O) groups is 1. The first kappa shape index (κ1) is 17.3. The van der Waals surface area contributed by atoms with Gasteiger partial charge >= 0.3 is 0 Å². The van der Waals surface area contributed by atoms with Crippen molar-refractivity contribution in [2.24, 2.45) is 0 Å². The number of halogens is 1. The summed E-state index contributed by atoms with van der Waals surface area (Å²) in [5.74, 6) is 0.143. The fourth-order valence-electron chi connectivity index (χ4n) is 2.32. The predicted molar refractivity (Wildman–Crippen MR) is 97.4 cm³/mol. The second-order valence-electron chi connectivity index (χ2n) is 5.59. The quantitative estimate of drug-likeness (QED) is 0.728. The van der Waals surface area contributed by atoms with Crippen LogP contribution in [0.2, 0.25) is 0 Å². The second-order valence-corrected chi connectivity index (χ2v) is 5.59. The van der Waals surface area contributed by atoms with E-state index in [9.17, 15) is 9.18 Å². The summed E-state index contributed by atoms with van der Waals surface area (Å²) in [5, 5.41) is 5.65. The highest BCUT2D eigenvalue weighted by Gasteiger charge is 2.10. The van der Waals surface area contributed by atoms with Crippen molar-refractivity contribution in [3.63, 3.8) is 0 Å². The summed E-state index contributed by atoms with van der Waals surface area (Å²) in [6, 6.07) is 11.3. The van der Waals surface area contributed by atoms with Crippen LogP contribution in [-0.2, 0) is 0 Å². The van der Waals surface area contributed by atoms with Gasteiger partial charge in [-0.3, -0.25) is 4.79 Å². The molecule has 0 fully saturated rings. The molecule has 2 N–H and O–H groups in total. The van der Waals surface area contributed by atoms with Gasteiger partial charge in [0.25, 0.3) is 5.91 Å². The Morgan fingerprint density at radius 3 is 2.58 bits per heavy atom. The Hall–Kier alpha value is -3.48. The van der Waals surface area contributed by atoms with Gasteiger partial charge in [0.05, 0.1) is 18.4 Å². The fraction of sp³-hybridized carbons (Fsp3) is 0.105. The Morgan fingerprint density at radius 1 is 1.12 bits per heavy atom. The molecule has 3 aromatic rings. The summed E-state index contributed by atoms with van der Waals surface area (Å²) in [6.07, 6.45) is 2.79. The van der Waals surface area contributed by atoms with Crippen LogP contribution in [-0.4, -0.2) is 23.0 Å². The number of carbonyl (C=O) groups excluding carboxylic acids is 1. The van der Waals surface area contributed by atoms with Gasteiger partial charge in [-0.1, -0.05) is 12.1 Å². The Kier molecular flexibility index (Phi) is 5.07. The number of nitrogens with one attached hydrogen (secondary N) is 2. The third kappa shape index (κ3) is 4.13. The highest BCUT2D eigenvalue weighted by molar-refractivity contribution is 6.03. The van der Waals surface area contributed by atoms with Gasteiger partial charge in [0.1, 0.15) is 11.6 Å². The van der Waals surface area contributed by atoms with E-state index in [1.165, 1.54) is 30.6 Å². The van der Waals surface area contributed by atoms with Gasteiger partial charge in [-0.2, -0.15) is 0 Å². The van der Waals surface area contributed by atoms with Crippen LogP contribution >= 0.6 is 0 Å². The van der Waals surface area contributed by atoms with Crippen LogP contribution in [0.3, 0.4) is 0 Å². The Morgan fingerprint density at radius 2 is 1.88 bits per heavy atom. The smallest absolute Gasteiger partial charge is 0.258 e. The number of nitrogens with zero attached hydrogens (tertiary/aromatic N) is 2. The standard InChI is InChI=1S/C19H17FN4O2/c1-12-6-7-17(26-2)16(8-12)24-19-21-10-13(11-22-19)18(25)23-15-5-3-4-14(20)9-15/h3-11H,1-2H3,(H,23,25)(H,21,22,24). The molecule has 0 bridgehead atoms. The molecule has 0 aliphatic heterocycles. The van der Waals surface area contributed by atoms with Crippen molar-refractivity contribution in [2.45, 2.75) is 6.92 Å². The van der Waals surface area contributed by atoms with Crippen molar-refractivity contribution < 1.29 is 13.9 Å². The number of benzene rings is 2. The summed E-state index contributed by atoms with van der Waals surface area (Å²) in [7, 11) is 1.58. The minimum Gasteiger partial charge on any atom is -0.495 e. The lowest BCUT2D eigenvalue weighted by Gasteiger charge is -2.11. The molecule has 132 valence electrons. The van der Waals surface area contributed by atoms with Crippen LogP contribution in [0.25, 0.3) is 0 Å². The van der Waals surface area contributed by atoms with Gasteiger partial charge in [0.15, 0.2) is 0 Å². The first-order chi connectivity index (χ1) is 12.5. The van der Waals surface area contributed by atoms with Gasteiger partial charge in [-0.05, 0) is 42.8 Å². The minimum absolute atomic E-state index is 0.260. The number of anilines is 3. The summed E-state index contributed by atoms with van der Waals surface area (Å²) >= 11 is 0. The van der Waals surface area contributed by atoms with Crippen LogP contribution in [0.4, 0.5) is 21.7 Å². The molecule has 0 unspecified atom stereocenters. The van der Waals surface area contributed by atoms with Crippen LogP contribution in [0.1, 0.15) is 15.9 Å². The molecule has 0 aliphatic rings. The molecule has 0 atom stereocenters. The lowest BCUT2D eigenvalue weighted by atomic mass is 10.2. The molecular weight excluding hydrogens is 335 g/mol. The lowest BCUT2D eigenvalue weighted by molar-refractivity contribution is 0.102. The van der Waals surface area contributed by atoms with Gasteiger partial charge in [0.2, 0.25) is 5.95 Å². The zero-order valence-electron chi connectivity index (χ0n) is 14.3. The molecule has 0 aliphatic carbocycles. The molecule has 0 saturated heterocycles. The molecule has 6 nitrogen and oxygen atoms in total. The van der Waals surface area contributed by atoms with Gasteiger partial charge < -0.3 is 15.4 Å². The Bertz CT molecular complexity index is 929. The topological polar surface area (TPSA) is 76.1 Å².